The van der Waals surface area contributed by atoms with E-state index in [2.05, 4.69) is 47.0 Å². The van der Waals surface area contributed by atoms with E-state index in [-0.39, 0.29) is 5.91 Å². The molecule has 2 aromatic carbocycles. The van der Waals surface area contributed by atoms with Crippen molar-refractivity contribution >= 4 is 11.6 Å². The average molecular weight is 278 g/mol. The molecule has 2 aliphatic rings. The fourth-order valence-corrected chi connectivity index (χ4v) is 3.19. The van der Waals surface area contributed by atoms with Crippen molar-refractivity contribution in [3.05, 3.63) is 53.6 Å². The minimum Gasteiger partial charge on any atom is -0.326 e. The molecule has 0 bridgehead atoms. The Morgan fingerprint density at radius 1 is 1.10 bits per heavy atom. The van der Waals surface area contributed by atoms with Crippen LogP contribution in [0.15, 0.2) is 42.5 Å². The fourth-order valence-electron chi connectivity index (χ4n) is 3.19. The average Bonchev–Trinajstić information content (AvgIpc) is 2.80. The number of rotatable bonds is 3. The Balaban J connectivity index is 1.51. The summed E-state index contributed by atoms with van der Waals surface area (Å²) in [5, 5.41) is 6.23. The smallest absolute Gasteiger partial charge is 0.224 e. The van der Waals surface area contributed by atoms with Crippen LogP contribution in [0, 0.1) is 5.92 Å². The molecule has 1 amide bonds. The van der Waals surface area contributed by atoms with Gasteiger partial charge in [0.1, 0.15) is 0 Å². The Bertz CT molecular complexity index is 704. The molecule has 3 nitrogen and oxygen atoms in total. The maximum Gasteiger partial charge on any atom is 0.224 e. The molecule has 3 heteroatoms. The SMILES string of the molecule is O=C(CC1CNC1)Nc1ccc2c(c1)Cc1ccccc1-2. The highest BCUT2D eigenvalue weighted by Gasteiger charge is 2.21. The molecule has 1 fully saturated rings. The highest BCUT2D eigenvalue weighted by molar-refractivity contribution is 5.92. The first kappa shape index (κ1) is 12.6. The van der Waals surface area contributed by atoms with Crippen LogP contribution in [0.2, 0.25) is 0 Å². The fraction of sp³-hybridized carbons (Fsp3) is 0.278. The summed E-state index contributed by atoms with van der Waals surface area (Å²) in [4.78, 5) is 12.0. The van der Waals surface area contributed by atoms with Gasteiger partial charge in [-0.3, -0.25) is 4.79 Å². The van der Waals surface area contributed by atoms with Crippen LogP contribution in [-0.2, 0) is 11.2 Å². The maximum atomic E-state index is 12.0. The van der Waals surface area contributed by atoms with Crippen LogP contribution in [0.4, 0.5) is 5.69 Å². The third-order valence-electron chi connectivity index (χ3n) is 4.42. The van der Waals surface area contributed by atoms with Crippen LogP contribution in [0.1, 0.15) is 17.5 Å². The molecule has 0 saturated carbocycles. The zero-order chi connectivity index (χ0) is 14.2. The van der Waals surface area contributed by atoms with Crippen LogP contribution in [0.5, 0.6) is 0 Å². The topological polar surface area (TPSA) is 41.1 Å². The summed E-state index contributed by atoms with van der Waals surface area (Å²) < 4.78 is 0. The van der Waals surface area contributed by atoms with E-state index in [9.17, 15) is 4.79 Å². The van der Waals surface area contributed by atoms with Crippen LogP contribution in [0.25, 0.3) is 11.1 Å². The van der Waals surface area contributed by atoms with Crippen LogP contribution in [0.3, 0.4) is 0 Å². The lowest BCUT2D eigenvalue weighted by molar-refractivity contribution is -0.117. The second kappa shape index (κ2) is 5.01. The van der Waals surface area contributed by atoms with Crippen molar-refractivity contribution in [1.82, 2.24) is 5.32 Å². The number of fused-ring (bicyclic) bond motifs is 3. The summed E-state index contributed by atoms with van der Waals surface area (Å²) in [5.74, 6) is 0.626. The maximum absolute atomic E-state index is 12.0. The van der Waals surface area contributed by atoms with E-state index in [1.165, 1.54) is 22.3 Å². The molecule has 106 valence electrons. The second-order valence-electron chi connectivity index (χ2n) is 5.98. The Hall–Kier alpha value is -2.13. The first-order chi connectivity index (χ1) is 10.3. The third-order valence-corrected chi connectivity index (χ3v) is 4.42. The zero-order valence-electron chi connectivity index (χ0n) is 11.9. The molecule has 2 aromatic rings. The molecule has 0 unspecified atom stereocenters. The highest BCUT2D eigenvalue weighted by Crippen LogP contribution is 2.37. The van der Waals surface area contributed by atoms with Gasteiger partial charge < -0.3 is 10.6 Å². The molecule has 0 aromatic heterocycles. The van der Waals surface area contributed by atoms with Gasteiger partial charge in [0.2, 0.25) is 5.91 Å². The molecule has 0 radical (unpaired) electrons. The monoisotopic (exact) mass is 278 g/mol. The predicted octanol–water partition coefficient (Wildman–Crippen LogP) is 2.81. The molecule has 1 aliphatic carbocycles. The first-order valence-corrected chi connectivity index (χ1v) is 7.51. The number of nitrogens with one attached hydrogen (secondary N) is 2. The molecular formula is C18H18N2O. The van der Waals surface area contributed by atoms with Gasteiger partial charge in [0, 0.05) is 12.1 Å². The van der Waals surface area contributed by atoms with E-state index in [0.29, 0.717) is 12.3 Å². The van der Waals surface area contributed by atoms with Crippen LogP contribution >= 0.6 is 0 Å². The number of hydrogen-bond acceptors (Lipinski definition) is 2. The normalized spacial score (nSPS) is 16.0. The van der Waals surface area contributed by atoms with Crippen molar-refractivity contribution in [2.45, 2.75) is 12.8 Å². The van der Waals surface area contributed by atoms with E-state index in [1.54, 1.807) is 0 Å². The lowest BCUT2D eigenvalue weighted by Gasteiger charge is -2.26. The van der Waals surface area contributed by atoms with Gasteiger partial charge in [-0.25, -0.2) is 0 Å². The number of benzene rings is 2. The summed E-state index contributed by atoms with van der Waals surface area (Å²) in [6.45, 7) is 1.93. The van der Waals surface area contributed by atoms with E-state index >= 15 is 0 Å². The van der Waals surface area contributed by atoms with Crippen LogP contribution < -0.4 is 10.6 Å². The molecular weight excluding hydrogens is 260 g/mol. The highest BCUT2D eigenvalue weighted by atomic mass is 16.1. The standard InChI is InChI=1S/C18H18N2O/c21-18(7-12-10-19-11-12)20-15-5-6-17-14(9-15)8-13-3-1-2-4-16(13)17/h1-6,9,12,19H,7-8,10-11H2,(H,20,21). The van der Waals surface area contributed by atoms with Gasteiger partial charge in [-0.15, -0.1) is 0 Å². The Labute approximate surface area is 124 Å². The molecule has 4 rings (SSSR count). The largest absolute Gasteiger partial charge is 0.326 e. The quantitative estimate of drug-likeness (QED) is 0.773. The summed E-state index contributed by atoms with van der Waals surface area (Å²) in [6, 6.07) is 14.8. The van der Waals surface area contributed by atoms with Crippen molar-refractivity contribution in [3.63, 3.8) is 0 Å². The van der Waals surface area contributed by atoms with Crippen molar-refractivity contribution < 1.29 is 4.79 Å². The van der Waals surface area contributed by atoms with E-state index in [4.69, 9.17) is 0 Å². The Morgan fingerprint density at radius 2 is 1.90 bits per heavy atom. The van der Waals surface area contributed by atoms with Gasteiger partial charge in [0.15, 0.2) is 0 Å². The van der Waals surface area contributed by atoms with Crippen molar-refractivity contribution in [3.8, 4) is 11.1 Å². The van der Waals surface area contributed by atoms with E-state index < -0.39 is 0 Å². The van der Waals surface area contributed by atoms with E-state index in [0.717, 1.165) is 25.2 Å². The molecule has 21 heavy (non-hydrogen) atoms. The molecule has 2 N–H and O–H groups in total. The molecule has 1 heterocycles. The van der Waals surface area contributed by atoms with Gasteiger partial charge in [0.25, 0.3) is 0 Å². The lowest BCUT2D eigenvalue weighted by atomic mass is 9.99. The number of hydrogen-bond donors (Lipinski definition) is 2. The lowest BCUT2D eigenvalue weighted by Crippen LogP contribution is -2.43. The third kappa shape index (κ3) is 2.34. The van der Waals surface area contributed by atoms with Crippen molar-refractivity contribution in [2.24, 2.45) is 5.92 Å². The number of anilines is 1. The number of carbonyl (C=O) groups is 1. The van der Waals surface area contributed by atoms with Crippen molar-refractivity contribution in [1.29, 1.82) is 0 Å². The number of carbonyl (C=O) groups excluding carboxylic acids is 1. The van der Waals surface area contributed by atoms with Crippen LogP contribution in [-0.4, -0.2) is 19.0 Å². The molecule has 1 saturated heterocycles. The predicted molar refractivity (Wildman–Crippen MR) is 84.3 cm³/mol. The molecule has 0 spiro atoms. The van der Waals surface area contributed by atoms with Gasteiger partial charge in [-0.05, 0) is 59.8 Å². The second-order valence-corrected chi connectivity index (χ2v) is 5.98. The van der Waals surface area contributed by atoms with Gasteiger partial charge in [-0.2, -0.15) is 0 Å². The van der Waals surface area contributed by atoms with Gasteiger partial charge in [-0.1, -0.05) is 30.3 Å². The van der Waals surface area contributed by atoms with Gasteiger partial charge >= 0.3 is 0 Å². The summed E-state index contributed by atoms with van der Waals surface area (Å²) in [6.07, 6.45) is 1.58. The molecule has 1 aliphatic heterocycles. The Kier molecular flexibility index (Phi) is 3.00. The van der Waals surface area contributed by atoms with Gasteiger partial charge in [0.05, 0.1) is 0 Å². The Morgan fingerprint density at radius 3 is 2.71 bits per heavy atom. The van der Waals surface area contributed by atoms with Crippen molar-refractivity contribution in [2.75, 3.05) is 18.4 Å². The van der Waals surface area contributed by atoms with E-state index in [1.807, 2.05) is 6.07 Å². The minimum atomic E-state index is 0.122. The summed E-state index contributed by atoms with van der Waals surface area (Å²) in [7, 11) is 0. The molecule has 0 atom stereocenters. The minimum absolute atomic E-state index is 0.122. The summed E-state index contributed by atoms with van der Waals surface area (Å²) in [5.41, 5.74) is 6.22. The number of amides is 1. The zero-order valence-corrected chi connectivity index (χ0v) is 11.9. The first-order valence-electron chi connectivity index (χ1n) is 7.51. The summed E-state index contributed by atoms with van der Waals surface area (Å²) >= 11 is 0.